The lowest BCUT2D eigenvalue weighted by Gasteiger charge is -2.32. The summed E-state index contributed by atoms with van der Waals surface area (Å²) < 4.78 is 10.4. The Kier molecular flexibility index (Phi) is 6.75. The molecule has 0 aromatic rings. The second-order valence-corrected chi connectivity index (χ2v) is 5.43. The average Bonchev–Trinajstić information content (AvgIpc) is 2.77. The van der Waals surface area contributed by atoms with Crippen molar-refractivity contribution >= 4 is 5.97 Å². The van der Waals surface area contributed by atoms with Gasteiger partial charge < -0.3 is 19.7 Å². The SMILES string of the molecule is CCNC(C)(CN1CCC(COC)C1)C(=O)OCC. The highest BCUT2D eigenvalue weighted by molar-refractivity contribution is 5.80. The lowest BCUT2D eigenvalue weighted by atomic mass is 10.0. The van der Waals surface area contributed by atoms with E-state index in [0.717, 1.165) is 32.7 Å². The number of ether oxygens (including phenoxy) is 2. The van der Waals surface area contributed by atoms with Crippen molar-refractivity contribution in [3.8, 4) is 0 Å². The summed E-state index contributed by atoms with van der Waals surface area (Å²) in [4.78, 5) is 14.4. The van der Waals surface area contributed by atoms with E-state index in [9.17, 15) is 4.79 Å². The van der Waals surface area contributed by atoms with Crippen LogP contribution in [-0.2, 0) is 14.3 Å². The second kappa shape index (κ2) is 7.82. The van der Waals surface area contributed by atoms with Crippen LogP contribution in [0, 0.1) is 5.92 Å². The van der Waals surface area contributed by atoms with Crippen molar-refractivity contribution in [2.45, 2.75) is 32.7 Å². The third kappa shape index (κ3) is 4.75. The summed E-state index contributed by atoms with van der Waals surface area (Å²) >= 11 is 0. The Morgan fingerprint density at radius 1 is 1.47 bits per heavy atom. The smallest absolute Gasteiger partial charge is 0.327 e. The Labute approximate surface area is 116 Å². The van der Waals surface area contributed by atoms with Gasteiger partial charge in [-0.25, -0.2) is 0 Å². The molecule has 1 saturated heterocycles. The fraction of sp³-hybridized carbons (Fsp3) is 0.929. The molecule has 0 aliphatic carbocycles. The number of likely N-dealkylation sites (N-methyl/N-ethyl adjacent to an activating group) is 1. The summed E-state index contributed by atoms with van der Waals surface area (Å²) in [5, 5.41) is 3.27. The molecule has 1 heterocycles. The number of hydrogen-bond acceptors (Lipinski definition) is 5. The lowest BCUT2D eigenvalue weighted by Crippen LogP contribution is -2.57. The van der Waals surface area contributed by atoms with Gasteiger partial charge in [-0.3, -0.25) is 4.79 Å². The molecule has 1 aliphatic heterocycles. The maximum atomic E-state index is 12.1. The third-order valence-electron chi connectivity index (χ3n) is 3.61. The zero-order chi connectivity index (χ0) is 14.3. The molecule has 0 bridgehead atoms. The summed E-state index contributed by atoms with van der Waals surface area (Å²) in [6.07, 6.45) is 1.14. The molecule has 1 rings (SSSR count). The van der Waals surface area contributed by atoms with Crippen molar-refractivity contribution < 1.29 is 14.3 Å². The van der Waals surface area contributed by atoms with Crippen LogP contribution < -0.4 is 5.32 Å². The van der Waals surface area contributed by atoms with Crippen molar-refractivity contribution in [3.63, 3.8) is 0 Å². The molecule has 0 aromatic carbocycles. The number of methoxy groups -OCH3 is 1. The zero-order valence-corrected chi connectivity index (χ0v) is 12.7. The fourth-order valence-corrected chi connectivity index (χ4v) is 2.75. The van der Waals surface area contributed by atoms with Crippen LogP contribution in [0.4, 0.5) is 0 Å². The molecule has 0 saturated carbocycles. The van der Waals surface area contributed by atoms with Crippen LogP contribution in [0.1, 0.15) is 27.2 Å². The molecule has 112 valence electrons. The first-order valence-electron chi connectivity index (χ1n) is 7.19. The molecule has 1 aliphatic rings. The van der Waals surface area contributed by atoms with Gasteiger partial charge in [0.2, 0.25) is 0 Å². The van der Waals surface area contributed by atoms with Crippen molar-refractivity contribution in [2.24, 2.45) is 5.92 Å². The average molecular weight is 272 g/mol. The zero-order valence-electron chi connectivity index (χ0n) is 12.7. The van der Waals surface area contributed by atoms with Crippen LogP contribution in [0.25, 0.3) is 0 Å². The van der Waals surface area contributed by atoms with Crippen LogP contribution in [0.15, 0.2) is 0 Å². The molecule has 2 unspecified atom stereocenters. The minimum atomic E-state index is -0.618. The first-order chi connectivity index (χ1) is 9.05. The summed E-state index contributed by atoms with van der Waals surface area (Å²) in [7, 11) is 1.74. The number of likely N-dealkylation sites (tertiary alicyclic amines) is 1. The van der Waals surface area contributed by atoms with Crippen molar-refractivity contribution in [1.29, 1.82) is 0 Å². The molecule has 1 N–H and O–H groups in total. The molecule has 19 heavy (non-hydrogen) atoms. The van der Waals surface area contributed by atoms with E-state index in [0.29, 0.717) is 19.1 Å². The van der Waals surface area contributed by atoms with Crippen LogP contribution in [0.3, 0.4) is 0 Å². The highest BCUT2D eigenvalue weighted by atomic mass is 16.5. The van der Waals surface area contributed by atoms with E-state index in [4.69, 9.17) is 9.47 Å². The lowest BCUT2D eigenvalue weighted by molar-refractivity contribution is -0.151. The van der Waals surface area contributed by atoms with E-state index in [1.54, 1.807) is 7.11 Å². The Morgan fingerprint density at radius 2 is 2.21 bits per heavy atom. The van der Waals surface area contributed by atoms with Gasteiger partial charge in [-0.05, 0) is 39.3 Å². The van der Waals surface area contributed by atoms with Gasteiger partial charge >= 0.3 is 5.97 Å². The summed E-state index contributed by atoms with van der Waals surface area (Å²) in [5.41, 5.74) is -0.618. The predicted molar refractivity (Wildman–Crippen MR) is 75.1 cm³/mol. The number of esters is 1. The van der Waals surface area contributed by atoms with Gasteiger partial charge in [-0.15, -0.1) is 0 Å². The Balaban J connectivity index is 2.56. The molecular formula is C14H28N2O3. The topological polar surface area (TPSA) is 50.8 Å². The van der Waals surface area contributed by atoms with Crippen molar-refractivity contribution in [3.05, 3.63) is 0 Å². The number of nitrogens with one attached hydrogen (secondary N) is 1. The summed E-state index contributed by atoms with van der Waals surface area (Å²) in [5.74, 6) is 0.421. The predicted octanol–water partition coefficient (Wildman–Crippen LogP) is 0.886. The monoisotopic (exact) mass is 272 g/mol. The molecule has 0 aromatic heterocycles. The largest absolute Gasteiger partial charge is 0.465 e. The Morgan fingerprint density at radius 3 is 2.79 bits per heavy atom. The molecule has 2 atom stereocenters. The maximum absolute atomic E-state index is 12.1. The minimum absolute atomic E-state index is 0.160. The number of carbonyl (C=O) groups excluding carboxylic acids is 1. The summed E-state index contributed by atoms with van der Waals surface area (Å²) in [6.45, 7) is 10.5. The highest BCUT2D eigenvalue weighted by Crippen LogP contribution is 2.19. The molecule has 0 spiro atoms. The maximum Gasteiger partial charge on any atom is 0.327 e. The van der Waals surface area contributed by atoms with Crippen LogP contribution in [-0.4, -0.2) is 62.9 Å². The van der Waals surface area contributed by atoms with Gasteiger partial charge in [-0.2, -0.15) is 0 Å². The van der Waals surface area contributed by atoms with Gasteiger partial charge in [0.25, 0.3) is 0 Å². The van der Waals surface area contributed by atoms with E-state index in [1.165, 1.54) is 0 Å². The highest BCUT2D eigenvalue weighted by Gasteiger charge is 2.37. The van der Waals surface area contributed by atoms with Gasteiger partial charge in [0, 0.05) is 20.2 Å². The van der Waals surface area contributed by atoms with E-state index >= 15 is 0 Å². The van der Waals surface area contributed by atoms with Crippen LogP contribution in [0.5, 0.6) is 0 Å². The standard InChI is InChI=1S/C14H28N2O3/c1-5-15-14(3,13(17)19-6-2)11-16-8-7-12(9-16)10-18-4/h12,15H,5-11H2,1-4H3. The van der Waals surface area contributed by atoms with Crippen LogP contribution >= 0.6 is 0 Å². The number of hydrogen-bond donors (Lipinski definition) is 1. The van der Waals surface area contributed by atoms with Gasteiger partial charge in [-0.1, -0.05) is 6.92 Å². The fourth-order valence-electron chi connectivity index (χ4n) is 2.75. The normalized spacial score (nSPS) is 23.3. The molecule has 5 nitrogen and oxygen atoms in total. The Hall–Kier alpha value is -0.650. The first kappa shape index (κ1) is 16.4. The van der Waals surface area contributed by atoms with Crippen molar-refractivity contribution in [2.75, 3.05) is 46.5 Å². The van der Waals surface area contributed by atoms with Gasteiger partial charge in [0.15, 0.2) is 0 Å². The minimum Gasteiger partial charge on any atom is -0.465 e. The first-order valence-corrected chi connectivity index (χ1v) is 7.19. The van der Waals surface area contributed by atoms with Gasteiger partial charge in [0.1, 0.15) is 5.54 Å². The van der Waals surface area contributed by atoms with E-state index in [1.807, 2.05) is 20.8 Å². The van der Waals surface area contributed by atoms with Gasteiger partial charge in [0.05, 0.1) is 13.2 Å². The quantitative estimate of drug-likeness (QED) is 0.665. The molecule has 1 fully saturated rings. The van der Waals surface area contributed by atoms with E-state index < -0.39 is 5.54 Å². The second-order valence-electron chi connectivity index (χ2n) is 5.43. The van der Waals surface area contributed by atoms with Crippen molar-refractivity contribution in [1.82, 2.24) is 10.2 Å². The molecular weight excluding hydrogens is 244 g/mol. The number of nitrogens with zero attached hydrogens (tertiary/aromatic N) is 1. The number of carbonyl (C=O) groups is 1. The third-order valence-corrected chi connectivity index (χ3v) is 3.61. The Bertz CT molecular complexity index is 286. The number of rotatable bonds is 8. The molecule has 0 radical (unpaired) electrons. The molecule has 0 amide bonds. The van der Waals surface area contributed by atoms with E-state index in [2.05, 4.69) is 10.2 Å². The summed E-state index contributed by atoms with van der Waals surface area (Å²) in [6, 6.07) is 0. The van der Waals surface area contributed by atoms with E-state index in [-0.39, 0.29) is 5.97 Å². The molecule has 5 heteroatoms. The van der Waals surface area contributed by atoms with Crippen LogP contribution in [0.2, 0.25) is 0 Å².